The van der Waals surface area contributed by atoms with E-state index >= 15 is 0 Å². The number of anilines is 1. The average molecular weight is 208 g/mol. The molecule has 0 radical (unpaired) electrons. The number of aromatic nitrogens is 2. The zero-order chi connectivity index (χ0) is 10.1. The second kappa shape index (κ2) is 3.42. The minimum atomic E-state index is 0.280. The first-order valence-corrected chi connectivity index (χ1v) is 4.80. The maximum Gasteiger partial charge on any atom is 0.220 e. The van der Waals surface area contributed by atoms with Crippen molar-refractivity contribution in [2.24, 2.45) is 0 Å². The van der Waals surface area contributed by atoms with Crippen LogP contribution in [0.4, 0.5) is 5.95 Å². The molecule has 1 aromatic heterocycles. The first-order valence-electron chi connectivity index (χ1n) is 4.43. The minimum absolute atomic E-state index is 0.280. The van der Waals surface area contributed by atoms with E-state index in [1.807, 2.05) is 19.1 Å². The van der Waals surface area contributed by atoms with Gasteiger partial charge in [-0.25, -0.2) is 9.97 Å². The van der Waals surface area contributed by atoms with Gasteiger partial charge in [-0.3, -0.25) is 0 Å². The summed E-state index contributed by atoms with van der Waals surface area (Å²) >= 11 is 6.01. The maximum absolute atomic E-state index is 6.01. The number of hydrogen-bond acceptors (Lipinski definition) is 3. The van der Waals surface area contributed by atoms with Gasteiger partial charge in [-0.15, -0.1) is 0 Å². The molecule has 0 fully saturated rings. The van der Waals surface area contributed by atoms with Crippen molar-refractivity contribution in [1.82, 2.24) is 9.97 Å². The van der Waals surface area contributed by atoms with Crippen molar-refractivity contribution in [3.05, 3.63) is 28.9 Å². The van der Waals surface area contributed by atoms with Crippen LogP contribution in [-0.2, 0) is 6.42 Å². The molecule has 0 saturated heterocycles. The van der Waals surface area contributed by atoms with Crippen molar-refractivity contribution in [3.63, 3.8) is 0 Å². The molecular weight excluding hydrogens is 198 g/mol. The molecule has 0 amide bonds. The molecule has 2 N–H and O–H groups in total. The molecule has 72 valence electrons. The highest BCUT2D eigenvalue weighted by Gasteiger charge is 2.06. The quantitative estimate of drug-likeness (QED) is 0.782. The number of benzene rings is 1. The first kappa shape index (κ1) is 9.21. The summed E-state index contributed by atoms with van der Waals surface area (Å²) in [7, 11) is 0. The fourth-order valence-electron chi connectivity index (χ4n) is 1.47. The third kappa shape index (κ3) is 1.40. The van der Waals surface area contributed by atoms with Gasteiger partial charge in [0.05, 0.1) is 16.2 Å². The van der Waals surface area contributed by atoms with Gasteiger partial charge < -0.3 is 5.73 Å². The Hall–Kier alpha value is -1.35. The number of aryl methyl sites for hydroxylation is 1. The fourth-order valence-corrected chi connectivity index (χ4v) is 1.69. The molecule has 4 heteroatoms. The van der Waals surface area contributed by atoms with Crippen LogP contribution in [0.25, 0.3) is 10.9 Å². The van der Waals surface area contributed by atoms with Crippen LogP contribution in [0, 0.1) is 0 Å². The fraction of sp³-hybridized carbons (Fsp3) is 0.200. The SMILES string of the molecule is CCc1nc(N)nc2c(Cl)cccc12. The maximum atomic E-state index is 6.01. The lowest BCUT2D eigenvalue weighted by atomic mass is 10.1. The van der Waals surface area contributed by atoms with Gasteiger partial charge in [0.15, 0.2) is 0 Å². The molecule has 1 heterocycles. The Bertz CT molecular complexity index is 482. The number of rotatable bonds is 1. The van der Waals surface area contributed by atoms with Crippen molar-refractivity contribution in [2.45, 2.75) is 13.3 Å². The Morgan fingerprint density at radius 1 is 1.36 bits per heavy atom. The van der Waals surface area contributed by atoms with Crippen LogP contribution >= 0.6 is 11.6 Å². The van der Waals surface area contributed by atoms with E-state index in [0.717, 1.165) is 23.0 Å². The van der Waals surface area contributed by atoms with Crippen LogP contribution < -0.4 is 5.73 Å². The normalized spacial score (nSPS) is 10.7. The third-order valence-corrected chi connectivity index (χ3v) is 2.41. The number of nitrogen functional groups attached to an aromatic ring is 1. The summed E-state index contributed by atoms with van der Waals surface area (Å²) in [6.45, 7) is 2.03. The van der Waals surface area contributed by atoms with E-state index in [1.54, 1.807) is 6.07 Å². The van der Waals surface area contributed by atoms with Gasteiger partial charge in [0, 0.05) is 5.39 Å². The smallest absolute Gasteiger partial charge is 0.220 e. The monoisotopic (exact) mass is 207 g/mol. The first-order chi connectivity index (χ1) is 6.72. The summed E-state index contributed by atoms with van der Waals surface area (Å²) < 4.78 is 0. The van der Waals surface area contributed by atoms with Crippen molar-refractivity contribution < 1.29 is 0 Å². The number of nitrogens with zero attached hydrogens (tertiary/aromatic N) is 2. The number of para-hydroxylation sites is 1. The second-order valence-electron chi connectivity index (χ2n) is 3.02. The summed E-state index contributed by atoms with van der Waals surface area (Å²) in [4.78, 5) is 8.29. The van der Waals surface area contributed by atoms with Crippen LogP contribution in [0.2, 0.25) is 5.02 Å². The lowest BCUT2D eigenvalue weighted by molar-refractivity contribution is 1.04. The Labute approximate surface area is 86.9 Å². The van der Waals surface area contributed by atoms with E-state index in [4.69, 9.17) is 17.3 Å². The van der Waals surface area contributed by atoms with Crippen LogP contribution in [0.1, 0.15) is 12.6 Å². The summed E-state index contributed by atoms with van der Waals surface area (Å²) in [6.07, 6.45) is 0.823. The van der Waals surface area contributed by atoms with Gasteiger partial charge in [0.2, 0.25) is 5.95 Å². The van der Waals surface area contributed by atoms with Crippen molar-refractivity contribution in [3.8, 4) is 0 Å². The van der Waals surface area contributed by atoms with E-state index in [1.165, 1.54) is 0 Å². The summed E-state index contributed by atoms with van der Waals surface area (Å²) in [5.41, 5.74) is 7.26. The largest absolute Gasteiger partial charge is 0.368 e. The van der Waals surface area contributed by atoms with Gasteiger partial charge in [-0.1, -0.05) is 30.7 Å². The van der Waals surface area contributed by atoms with E-state index in [-0.39, 0.29) is 5.95 Å². The van der Waals surface area contributed by atoms with E-state index < -0.39 is 0 Å². The molecule has 0 aliphatic rings. The topological polar surface area (TPSA) is 51.8 Å². The Morgan fingerprint density at radius 3 is 2.86 bits per heavy atom. The molecule has 0 atom stereocenters. The van der Waals surface area contributed by atoms with Crippen LogP contribution in [0.15, 0.2) is 18.2 Å². The Kier molecular flexibility index (Phi) is 2.25. The predicted molar refractivity (Wildman–Crippen MR) is 58.3 cm³/mol. The van der Waals surface area contributed by atoms with E-state index in [2.05, 4.69) is 9.97 Å². The zero-order valence-electron chi connectivity index (χ0n) is 7.79. The summed E-state index contributed by atoms with van der Waals surface area (Å²) in [6, 6.07) is 5.65. The zero-order valence-corrected chi connectivity index (χ0v) is 8.54. The highest BCUT2D eigenvalue weighted by Crippen LogP contribution is 2.24. The van der Waals surface area contributed by atoms with Crippen molar-refractivity contribution in [1.29, 1.82) is 0 Å². The average Bonchev–Trinajstić information content (AvgIpc) is 2.18. The lowest BCUT2D eigenvalue weighted by Crippen LogP contribution is -2.00. The second-order valence-corrected chi connectivity index (χ2v) is 3.43. The van der Waals surface area contributed by atoms with Gasteiger partial charge in [-0.2, -0.15) is 0 Å². The van der Waals surface area contributed by atoms with Gasteiger partial charge in [0.1, 0.15) is 0 Å². The van der Waals surface area contributed by atoms with Crippen molar-refractivity contribution >= 4 is 28.5 Å². The molecule has 2 aromatic rings. The highest BCUT2D eigenvalue weighted by molar-refractivity contribution is 6.35. The number of halogens is 1. The third-order valence-electron chi connectivity index (χ3n) is 2.11. The minimum Gasteiger partial charge on any atom is -0.368 e. The van der Waals surface area contributed by atoms with Gasteiger partial charge in [0.25, 0.3) is 0 Å². The predicted octanol–water partition coefficient (Wildman–Crippen LogP) is 2.43. The molecule has 0 bridgehead atoms. The molecule has 0 unspecified atom stereocenters. The van der Waals surface area contributed by atoms with Crippen LogP contribution in [-0.4, -0.2) is 9.97 Å². The molecule has 0 aliphatic carbocycles. The lowest BCUT2D eigenvalue weighted by Gasteiger charge is -2.05. The highest BCUT2D eigenvalue weighted by atomic mass is 35.5. The molecule has 2 rings (SSSR count). The van der Waals surface area contributed by atoms with Gasteiger partial charge >= 0.3 is 0 Å². The molecule has 0 aliphatic heterocycles. The van der Waals surface area contributed by atoms with Crippen molar-refractivity contribution in [2.75, 3.05) is 5.73 Å². The number of nitrogens with two attached hydrogens (primary N) is 1. The summed E-state index contributed by atoms with van der Waals surface area (Å²) in [5, 5.41) is 1.60. The molecular formula is C10H10ClN3. The van der Waals surface area contributed by atoms with Gasteiger partial charge in [-0.05, 0) is 12.5 Å². The molecule has 0 spiro atoms. The standard InChI is InChI=1S/C10H10ClN3/c1-2-8-6-4-3-5-7(11)9(6)14-10(12)13-8/h3-5H,2H2,1H3,(H2,12,13,14). The summed E-state index contributed by atoms with van der Waals surface area (Å²) in [5.74, 6) is 0.280. The Morgan fingerprint density at radius 2 is 2.14 bits per heavy atom. The van der Waals surface area contributed by atoms with Crippen LogP contribution in [0.3, 0.4) is 0 Å². The Balaban J connectivity index is 2.87. The van der Waals surface area contributed by atoms with Crippen LogP contribution in [0.5, 0.6) is 0 Å². The molecule has 3 nitrogen and oxygen atoms in total. The number of fused-ring (bicyclic) bond motifs is 1. The molecule has 1 aromatic carbocycles. The van der Waals surface area contributed by atoms with E-state index in [0.29, 0.717) is 5.02 Å². The van der Waals surface area contributed by atoms with E-state index in [9.17, 15) is 0 Å². The number of hydrogen-bond donors (Lipinski definition) is 1. The molecule has 0 saturated carbocycles. The molecule has 14 heavy (non-hydrogen) atoms.